The smallest absolute Gasteiger partial charge is 0.307 e. The molecular formula is C28H38O4. The second-order valence-corrected chi connectivity index (χ2v) is 11.3. The van der Waals surface area contributed by atoms with Gasteiger partial charge in [-0.3, -0.25) is 9.59 Å². The summed E-state index contributed by atoms with van der Waals surface area (Å²) < 4.78 is 11.9. The van der Waals surface area contributed by atoms with Crippen molar-refractivity contribution < 1.29 is 19.1 Å². The van der Waals surface area contributed by atoms with Crippen molar-refractivity contribution in [3.8, 4) is 24.7 Å². The molecule has 174 valence electrons. The Morgan fingerprint density at radius 2 is 1.56 bits per heavy atom. The summed E-state index contributed by atoms with van der Waals surface area (Å²) in [5.74, 6) is 7.45. The van der Waals surface area contributed by atoms with Crippen molar-refractivity contribution in [1.82, 2.24) is 0 Å². The molecule has 4 nitrogen and oxygen atoms in total. The number of fused-ring (bicyclic) bond motifs is 5. The molecule has 8 atom stereocenters. The van der Waals surface area contributed by atoms with E-state index >= 15 is 0 Å². The molecule has 0 spiro atoms. The van der Waals surface area contributed by atoms with E-state index in [0.29, 0.717) is 36.5 Å². The van der Waals surface area contributed by atoms with Gasteiger partial charge in [-0.05, 0) is 67.6 Å². The first-order valence-electron chi connectivity index (χ1n) is 12.5. The molecule has 0 aromatic carbocycles. The van der Waals surface area contributed by atoms with Gasteiger partial charge in [0.1, 0.15) is 0 Å². The molecule has 0 aromatic rings. The second-order valence-electron chi connectivity index (χ2n) is 11.3. The molecule has 0 N–H and O–H groups in total. The van der Waals surface area contributed by atoms with E-state index in [0.717, 1.165) is 51.4 Å². The van der Waals surface area contributed by atoms with E-state index in [9.17, 15) is 9.59 Å². The minimum Gasteiger partial charge on any atom is -0.446 e. The van der Waals surface area contributed by atoms with Crippen LogP contribution in [-0.2, 0) is 19.1 Å². The van der Waals surface area contributed by atoms with Gasteiger partial charge in [0.25, 0.3) is 0 Å². The van der Waals surface area contributed by atoms with Gasteiger partial charge < -0.3 is 9.47 Å². The standard InChI is InChI=1S/C28H38O4/c1-7-23(29)31-27(9-3)17-19-11-12-20-21(25(19,5)18-27)13-15-26(6)22(20)14-16-28(26,10-4)32-24(30)8-2/h3-4,19-22H,7-8,11-18H2,1-2,5-6H3/t19?,20?,21?,22?,25-,26-,27+,28-/m0/s1. The van der Waals surface area contributed by atoms with Gasteiger partial charge in [0.2, 0.25) is 0 Å². The van der Waals surface area contributed by atoms with Gasteiger partial charge >= 0.3 is 11.9 Å². The molecule has 0 radical (unpaired) electrons. The van der Waals surface area contributed by atoms with E-state index in [-0.39, 0.29) is 22.8 Å². The van der Waals surface area contributed by atoms with Crippen LogP contribution in [0.5, 0.6) is 0 Å². The highest BCUT2D eigenvalue weighted by atomic mass is 16.6. The average molecular weight is 439 g/mol. The van der Waals surface area contributed by atoms with Gasteiger partial charge in [0.15, 0.2) is 11.2 Å². The van der Waals surface area contributed by atoms with E-state index in [4.69, 9.17) is 22.3 Å². The lowest BCUT2D eigenvalue weighted by Crippen LogP contribution is -2.55. The molecule has 0 saturated heterocycles. The molecule has 4 unspecified atom stereocenters. The fraction of sp³-hybridized carbons (Fsp3) is 0.786. The zero-order chi connectivity index (χ0) is 23.4. The summed E-state index contributed by atoms with van der Waals surface area (Å²) in [5, 5.41) is 0. The number of hydrogen-bond donors (Lipinski definition) is 0. The number of esters is 2. The van der Waals surface area contributed by atoms with Crippen molar-refractivity contribution in [3.63, 3.8) is 0 Å². The number of hydrogen-bond acceptors (Lipinski definition) is 4. The first-order valence-corrected chi connectivity index (χ1v) is 12.5. The van der Waals surface area contributed by atoms with E-state index in [1.807, 2.05) is 13.8 Å². The van der Waals surface area contributed by atoms with Gasteiger partial charge in [0.05, 0.1) is 0 Å². The maximum absolute atomic E-state index is 12.3. The lowest BCUT2D eigenvalue weighted by atomic mass is 9.47. The highest BCUT2D eigenvalue weighted by Gasteiger charge is 2.68. The minimum absolute atomic E-state index is 0.0616. The Bertz CT molecular complexity index is 879. The second kappa shape index (κ2) is 7.83. The number of carbonyl (C=O) groups excluding carboxylic acids is 2. The maximum Gasteiger partial charge on any atom is 0.307 e. The summed E-state index contributed by atoms with van der Waals surface area (Å²) >= 11 is 0. The lowest BCUT2D eigenvalue weighted by Gasteiger charge is -2.58. The van der Waals surface area contributed by atoms with Crippen LogP contribution in [0.15, 0.2) is 0 Å². The van der Waals surface area contributed by atoms with Crippen molar-refractivity contribution in [2.45, 2.75) is 103 Å². The molecule has 0 aliphatic heterocycles. The fourth-order valence-corrected chi connectivity index (χ4v) is 8.44. The van der Waals surface area contributed by atoms with Gasteiger partial charge in [-0.1, -0.05) is 39.5 Å². The monoisotopic (exact) mass is 438 g/mol. The summed E-state index contributed by atoms with van der Waals surface area (Å²) in [6.07, 6.45) is 20.3. The number of ether oxygens (including phenoxy) is 2. The quantitative estimate of drug-likeness (QED) is 0.442. The highest BCUT2D eigenvalue weighted by molar-refractivity contribution is 5.70. The topological polar surface area (TPSA) is 52.6 Å². The summed E-state index contributed by atoms with van der Waals surface area (Å²) in [7, 11) is 0. The third-order valence-corrected chi connectivity index (χ3v) is 10.1. The van der Waals surface area contributed by atoms with Gasteiger partial charge in [-0.25, -0.2) is 0 Å². The zero-order valence-corrected chi connectivity index (χ0v) is 20.2. The molecule has 0 bridgehead atoms. The lowest BCUT2D eigenvalue weighted by molar-refractivity contribution is -0.174. The van der Waals surface area contributed by atoms with Crippen LogP contribution in [0, 0.1) is 59.2 Å². The van der Waals surface area contributed by atoms with Crippen LogP contribution in [0.1, 0.15) is 91.9 Å². The summed E-state index contributed by atoms with van der Waals surface area (Å²) in [6, 6.07) is 0. The molecule has 32 heavy (non-hydrogen) atoms. The molecule has 4 saturated carbocycles. The first-order chi connectivity index (χ1) is 15.1. The van der Waals surface area contributed by atoms with Gasteiger partial charge in [-0.2, -0.15) is 0 Å². The van der Waals surface area contributed by atoms with E-state index in [1.54, 1.807) is 0 Å². The zero-order valence-electron chi connectivity index (χ0n) is 20.2. The van der Waals surface area contributed by atoms with Crippen LogP contribution in [-0.4, -0.2) is 23.1 Å². The largest absolute Gasteiger partial charge is 0.446 e. The molecule has 0 amide bonds. The highest BCUT2D eigenvalue weighted by Crippen LogP contribution is 2.70. The van der Waals surface area contributed by atoms with Crippen LogP contribution in [0.25, 0.3) is 0 Å². The fourth-order valence-electron chi connectivity index (χ4n) is 8.44. The SMILES string of the molecule is C#C[C@@]1(OC(=O)CC)CC2CCC3C(CC[C@@]4(C)C3CC[C@]4(C#C)OC(=O)CC)[C@@]2(C)C1. The molecule has 0 aromatic heterocycles. The molecule has 4 heteroatoms. The Morgan fingerprint density at radius 3 is 2.19 bits per heavy atom. The third kappa shape index (κ3) is 3.13. The normalized spacial score (nSPS) is 46.7. The molecule has 4 rings (SSSR count). The molecule has 0 heterocycles. The van der Waals surface area contributed by atoms with Crippen LogP contribution in [0.3, 0.4) is 0 Å². The van der Waals surface area contributed by atoms with Crippen LogP contribution < -0.4 is 0 Å². The van der Waals surface area contributed by atoms with Gasteiger partial charge in [-0.15, -0.1) is 12.8 Å². The Hall–Kier alpha value is -1.94. The third-order valence-electron chi connectivity index (χ3n) is 10.1. The molecule has 4 aliphatic rings. The maximum atomic E-state index is 12.3. The summed E-state index contributed by atoms with van der Waals surface area (Å²) in [6.45, 7) is 8.29. The Labute approximate surface area is 193 Å². The van der Waals surface area contributed by atoms with Gasteiger partial charge in [0, 0.05) is 31.1 Å². The van der Waals surface area contributed by atoms with Crippen molar-refractivity contribution in [2.75, 3.05) is 0 Å². The molecule has 4 aliphatic carbocycles. The Kier molecular flexibility index (Phi) is 5.68. The first kappa shape index (κ1) is 23.2. The summed E-state index contributed by atoms with van der Waals surface area (Å²) in [4.78, 5) is 24.4. The molecular weight excluding hydrogens is 400 g/mol. The number of carbonyl (C=O) groups is 2. The van der Waals surface area contributed by atoms with Crippen molar-refractivity contribution in [3.05, 3.63) is 0 Å². The Balaban J connectivity index is 1.62. The predicted octanol–water partition coefficient (Wildman–Crippen LogP) is 5.29. The van der Waals surface area contributed by atoms with E-state index in [1.165, 1.54) is 0 Å². The number of terminal acetylenes is 2. The van der Waals surface area contributed by atoms with Crippen LogP contribution in [0.2, 0.25) is 0 Å². The van der Waals surface area contributed by atoms with Crippen molar-refractivity contribution in [2.24, 2.45) is 34.5 Å². The predicted molar refractivity (Wildman–Crippen MR) is 123 cm³/mol. The number of rotatable bonds is 4. The Morgan fingerprint density at radius 1 is 0.906 bits per heavy atom. The molecule has 4 fully saturated rings. The van der Waals surface area contributed by atoms with Crippen LogP contribution in [0.4, 0.5) is 0 Å². The van der Waals surface area contributed by atoms with Crippen molar-refractivity contribution in [1.29, 1.82) is 0 Å². The van der Waals surface area contributed by atoms with E-state index in [2.05, 4.69) is 25.7 Å². The van der Waals surface area contributed by atoms with Crippen LogP contribution >= 0.6 is 0 Å². The average Bonchev–Trinajstić information content (AvgIpc) is 3.25. The summed E-state index contributed by atoms with van der Waals surface area (Å²) in [5.41, 5.74) is -1.68. The van der Waals surface area contributed by atoms with E-state index < -0.39 is 11.2 Å². The minimum atomic E-state index is -0.789. The van der Waals surface area contributed by atoms with Crippen molar-refractivity contribution >= 4 is 11.9 Å².